The third-order valence-electron chi connectivity index (χ3n) is 3.35. The number of rotatable bonds is 3. The first-order valence-electron chi connectivity index (χ1n) is 6.69. The molecule has 1 aliphatic heterocycles. The van der Waals surface area contributed by atoms with E-state index in [-0.39, 0.29) is 0 Å². The van der Waals surface area contributed by atoms with Gasteiger partial charge in [0.15, 0.2) is 5.96 Å². The summed E-state index contributed by atoms with van der Waals surface area (Å²) in [5, 5.41) is 0. The van der Waals surface area contributed by atoms with Gasteiger partial charge in [0.1, 0.15) is 5.75 Å². The smallest absolute Gasteiger partial charge is 0.191 e. The third-order valence-corrected chi connectivity index (χ3v) is 3.35. The lowest BCUT2D eigenvalue weighted by Crippen LogP contribution is -2.51. The Balaban J connectivity index is 2.02. The molecule has 5 nitrogen and oxygen atoms in total. The van der Waals surface area contributed by atoms with E-state index in [2.05, 4.69) is 20.9 Å². The summed E-state index contributed by atoms with van der Waals surface area (Å²) in [4.78, 5) is 8.72. The van der Waals surface area contributed by atoms with Crippen molar-refractivity contribution >= 4 is 11.6 Å². The molecule has 0 aromatic heterocycles. The minimum absolute atomic E-state index is 0.655. The molecule has 19 heavy (non-hydrogen) atoms. The molecule has 0 radical (unpaired) electrons. The van der Waals surface area contributed by atoms with E-state index in [9.17, 15) is 0 Å². The normalized spacial score (nSPS) is 16.6. The van der Waals surface area contributed by atoms with E-state index in [1.807, 2.05) is 25.1 Å². The second-order valence-corrected chi connectivity index (χ2v) is 4.48. The van der Waals surface area contributed by atoms with Gasteiger partial charge in [0.2, 0.25) is 0 Å². The molecule has 1 heterocycles. The highest BCUT2D eigenvalue weighted by Crippen LogP contribution is 2.28. The Morgan fingerprint density at radius 1 is 1.26 bits per heavy atom. The molecule has 1 aliphatic rings. The minimum atomic E-state index is 0.655. The second kappa shape index (κ2) is 6.31. The minimum Gasteiger partial charge on any atom is -0.495 e. The van der Waals surface area contributed by atoms with Gasteiger partial charge in [-0.15, -0.1) is 0 Å². The van der Waals surface area contributed by atoms with Gasteiger partial charge < -0.3 is 20.3 Å². The van der Waals surface area contributed by atoms with Crippen LogP contribution in [-0.4, -0.2) is 50.7 Å². The number of piperazine rings is 1. The predicted octanol–water partition coefficient (Wildman–Crippen LogP) is 1.15. The van der Waals surface area contributed by atoms with Gasteiger partial charge in [0, 0.05) is 32.7 Å². The van der Waals surface area contributed by atoms with Gasteiger partial charge >= 0.3 is 0 Å². The number of hydrogen-bond donors (Lipinski definition) is 1. The molecule has 0 amide bonds. The SMILES string of the molecule is CCN=C(N)N1CCN(c2ccccc2OC)CC1. The van der Waals surface area contributed by atoms with Gasteiger partial charge in [-0.3, -0.25) is 4.99 Å². The van der Waals surface area contributed by atoms with Crippen LogP contribution in [0.3, 0.4) is 0 Å². The van der Waals surface area contributed by atoms with Crippen LogP contribution in [0.4, 0.5) is 5.69 Å². The highest BCUT2D eigenvalue weighted by atomic mass is 16.5. The lowest BCUT2D eigenvalue weighted by atomic mass is 10.2. The molecule has 0 bridgehead atoms. The Kier molecular flexibility index (Phi) is 4.49. The maximum absolute atomic E-state index is 5.93. The van der Waals surface area contributed by atoms with E-state index in [0.717, 1.165) is 44.2 Å². The first-order chi connectivity index (χ1) is 9.26. The number of nitrogens with two attached hydrogens (primary N) is 1. The van der Waals surface area contributed by atoms with Crippen molar-refractivity contribution in [2.75, 3.05) is 44.7 Å². The molecular weight excluding hydrogens is 240 g/mol. The molecule has 0 aliphatic carbocycles. The first kappa shape index (κ1) is 13.5. The molecule has 1 aromatic carbocycles. The number of para-hydroxylation sites is 2. The summed E-state index contributed by atoms with van der Waals surface area (Å²) in [6, 6.07) is 8.12. The zero-order valence-electron chi connectivity index (χ0n) is 11.7. The van der Waals surface area contributed by atoms with Gasteiger partial charge in [0.25, 0.3) is 0 Å². The maximum Gasteiger partial charge on any atom is 0.191 e. The van der Waals surface area contributed by atoms with E-state index >= 15 is 0 Å². The lowest BCUT2D eigenvalue weighted by molar-refractivity contribution is 0.374. The van der Waals surface area contributed by atoms with Gasteiger partial charge in [-0.25, -0.2) is 0 Å². The number of methoxy groups -OCH3 is 1. The van der Waals surface area contributed by atoms with E-state index in [1.54, 1.807) is 7.11 Å². The van der Waals surface area contributed by atoms with E-state index in [1.165, 1.54) is 0 Å². The zero-order chi connectivity index (χ0) is 13.7. The molecule has 2 N–H and O–H groups in total. The van der Waals surface area contributed by atoms with E-state index in [0.29, 0.717) is 5.96 Å². The van der Waals surface area contributed by atoms with E-state index in [4.69, 9.17) is 10.5 Å². The summed E-state index contributed by atoms with van der Waals surface area (Å²) in [7, 11) is 1.71. The van der Waals surface area contributed by atoms with Crippen molar-refractivity contribution in [2.24, 2.45) is 10.7 Å². The van der Waals surface area contributed by atoms with Crippen molar-refractivity contribution in [1.82, 2.24) is 4.90 Å². The Bertz CT molecular complexity index is 439. The average Bonchev–Trinajstić information content (AvgIpc) is 2.47. The van der Waals surface area contributed by atoms with Crippen LogP contribution in [0.15, 0.2) is 29.3 Å². The van der Waals surface area contributed by atoms with Crippen molar-refractivity contribution in [3.05, 3.63) is 24.3 Å². The molecule has 0 unspecified atom stereocenters. The topological polar surface area (TPSA) is 54.1 Å². The third kappa shape index (κ3) is 3.10. The largest absolute Gasteiger partial charge is 0.495 e. The predicted molar refractivity (Wildman–Crippen MR) is 78.9 cm³/mol. The number of guanidine groups is 1. The van der Waals surface area contributed by atoms with Crippen LogP contribution in [0.25, 0.3) is 0 Å². The molecule has 2 rings (SSSR count). The standard InChI is InChI=1S/C14H22N4O/c1-3-16-14(15)18-10-8-17(9-11-18)12-6-4-5-7-13(12)19-2/h4-7H,3,8-11H2,1-2H3,(H2,15,16). The number of nitrogens with zero attached hydrogens (tertiary/aromatic N) is 3. The van der Waals surface area contributed by atoms with Crippen molar-refractivity contribution in [2.45, 2.75) is 6.92 Å². The number of benzene rings is 1. The van der Waals surface area contributed by atoms with Crippen molar-refractivity contribution in [1.29, 1.82) is 0 Å². The molecule has 0 atom stereocenters. The molecular formula is C14H22N4O. The van der Waals surface area contributed by atoms with Gasteiger partial charge in [0.05, 0.1) is 12.8 Å². The molecule has 1 aromatic rings. The Hall–Kier alpha value is -1.91. The maximum atomic E-state index is 5.93. The van der Waals surface area contributed by atoms with Crippen LogP contribution in [0.5, 0.6) is 5.75 Å². The summed E-state index contributed by atoms with van der Waals surface area (Å²) in [5.41, 5.74) is 7.08. The highest BCUT2D eigenvalue weighted by molar-refractivity contribution is 5.78. The summed E-state index contributed by atoms with van der Waals surface area (Å²) in [6.45, 7) is 6.39. The first-order valence-corrected chi connectivity index (χ1v) is 6.69. The van der Waals surface area contributed by atoms with Crippen LogP contribution in [0.1, 0.15) is 6.92 Å². The van der Waals surface area contributed by atoms with Crippen LogP contribution in [0, 0.1) is 0 Å². The monoisotopic (exact) mass is 262 g/mol. The Morgan fingerprint density at radius 2 is 1.95 bits per heavy atom. The number of anilines is 1. The van der Waals surface area contributed by atoms with Crippen molar-refractivity contribution in [3.63, 3.8) is 0 Å². The van der Waals surface area contributed by atoms with Gasteiger partial charge in [-0.1, -0.05) is 12.1 Å². The molecule has 0 spiro atoms. The summed E-state index contributed by atoms with van der Waals surface area (Å²) >= 11 is 0. The molecule has 1 fully saturated rings. The van der Waals surface area contributed by atoms with Crippen LogP contribution >= 0.6 is 0 Å². The molecule has 104 valence electrons. The van der Waals surface area contributed by atoms with Gasteiger partial charge in [-0.05, 0) is 19.1 Å². The Morgan fingerprint density at radius 3 is 2.58 bits per heavy atom. The van der Waals surface area contributed by atoms with Crippen molar-refractivity contribution < 1.29 is 4.74 Å². The van der Waals surface area contributed by atoms with Crippen LogP contribution in [0.2, 0.25) is 0 Å². The fraction of sp³-hybridized carbons (Fsp3) is 0.500. The van der Waals surface area contributed by atoms with Crippen LogP contribution in [-0.2, 0) is 0 Å². The number of aliphatic imine (C=N–C) groups is 1. The lowest BCUT2D eigenvalue weighted by Gasteiger charge is -2.37. The fourth-order valence-corrected chi connectivity index (χ4v) is 2.33. The second-order valence-electron chi connectivity index (χ2n) is 4.48. The Labute approximate surface area is 114 Å². The molecule has 1 saturated heterocycles. The van der Waals surface area contributed by atoms with Gasteiger partial charge in [-0.2, -0.15) is 0 Å². The summed E-state index contributed by atoms with van der Waals surface area (Å²) in [6.07, 6.45) is 0. The van der Waals surface area contributed by atoms with Crippen molar-refractivity contribution in [3.8, 4) is 5.75 Å². The quantitative estimate of drug-likeness (QED) is 0.656. The average molecular weight is 262 g/mol. The summed E-state index contributed by atoms with van der Waals surface area (Å²) < 4.78 is 5.41. The number of ether oxygens (including phenoxy) is 1. The molecule has 5 heteroatoms. The van der Waals surface area contributed by atoms with Crippen LogP contribution < -0.4 is 15.4 Å². The summed E-state index contributed by atoms with van der Waals surface area (Å²) in [5.74, 6) is 1.58. The van der Waals surface area contributed by atoms with E-state index < -0.39 is 0 Å². The number of hydrogen-bond acceptors (Lipinski definition) is 3. The fourth-order valence-electron chi connectivity index (χ4n) is 2.33. The highest BCUT2D eigenvalue weighted by Gasteiger charge is 2.20. The molecule has 0 saturated carbocycles. The zero-order valence-corrected chi connectivity index (χ0v) is 11.7.